The normalized spacial score (nSPS) is 16.4. The summed E-state index contributed by atoms with van der Waals surface area (Å²) in [5.41, 5.74) is 0.956. The molecule has 0 bridgehead atoms. The van der Waals surface area contributed by atoms with Gasteiger partial charge in [-0.2, -0.15) is 4.31 Å². The van der Waals surface area contributed by atoms with Crippen LogP contribution in [0, 0.1) is 5.82 Å². The van der Waals surface area contributed by atoms with Crippen LogP contribution in [0.4, 0.5) is 9.52 Å². The molecule has 0 spiro atoms. The lowest BCUT2D eigenvalue weighted by Gasteiger charge is -2.33. The summed E-state index contributed by atoms with van der Waals surface area (Å²) in [4.78, 5) is 6.72. The highest BCUT2D eigenvalue weighted by atomic mass is 32.2. The Morgan fingerprint density at radius 1 is 1.00 bits per heavy atom. The van der Waals surface area contributed by atoms with Crippen molar-refractivity contribution in [1.29, 1.82) is 0 Å². The third-order valence-electron chi connectivity index (χ3n) is 4.23. The van der Waals surface area contributed by atoms with E-state index in [-0.39, 0.29) is 4.90 Å². The van der Waals surface area contributed by atoms with Crippen molar-refractivity contribution in [3.8, 4) is 0 Å². The van der Waals surface area contributed by atoms with Crippen molar-refractivity contribution in [3.05, 3.63) is 54.3 Å². The van der Waals surface area contributed by atoms with E-state index in [1.54, 1.807) is 11.3 Å². The first-order chi connectivity index (χ1) is 12.0. The molecule has 0 unspecified atom stereocenters. The molecule has 1 saturated heterocycles. The average Bonchev–Trinajstić information content (AvgIpc) is 3.06. The molecule has 25 heavy (non-hydrogen) atoms. The van der Waals surface area contributed by atoms with E-state index in [2.05, 4.69) is 9.88 Å². The topological polar surface area (TPSA) is 53.5 Å². The molecule has 0 N–H and O–H groups in total. The van der Waals surface area contributed by atoms with E-state index in [0.29, 0.717) is 26.2 Å². The molecule has 8 heteroatoms. The lowest BCUT2D eigenvalue weighted by Crippen LogP contribution is -2.48. The summed E-state index contributed by atoms with van der Waals surface area (Å²) in [7, 11) is -3.67. The monoisotopic (exact) mass is 377 g/mol. The Morgan fingerprint density at radius 3 is 2.48 bits per heavy atom. The molecule has 0 saturated carbocycles. The number of thiazole rings is 1. The summed E-state index contributed by atoms with van der Waals surface area (Å²) in [5, 5.41) is 0.906. The molecule has 4 rings (SSSR count). The zero-order valence-corrected chi connectivity index (χ0v) is 14.9. The highest BCUT2D eigenvalue weighted by Crippen LogP contribution is 2.29. The van der Waals surface area contributed by atoms with Crippen LogP contribution in [0.15, 0.2) is 53.4 Å². The molecule has 2 aromatic carbocycles. The van der Waals surface area contributed by atoms with Crippen molar-refractivity contribution in [3.63, 3.8) is 0 Å². The summed E-state index contributed by atoms with van der Waals surface area (Å²) in [6.07, 6.45) is 0. The minimum absolute atomic E-state index is 0.000868. The van der Waals surface area contributed by atoms with Gasteiger partial charge in [0.2, 0.25) is 10.0 Å². The fourth-order valence-electron chi connectivity index (χ4n) is 2.89. The molecule has 1 aliphatic rings. The van der Waals surface area contributed by atoms with E-state index in [1.165, 1.54) is 22.5 Å². The van der Waals surface area contributed by atoms with E-state index in [9.17, 15) is 12.8 Å². The van der Waals surface area contributed by atoms with Gasteiger partial charge in [0.1, 0.15) is 5.82 Å². The minimum Gasteiger partial charge on any atom is -0.345 e. The van der Waals surface area contributed by atoms with Crippen molar-refractivity contribution in [2.75, 3.05) is 31.1 Å². The average molecular weight is 377 g/mol. The van der Waals surface area contributed by atoms with Crippen LogP contribution in [-0.2, 0) is 10.0 Å². The van der Waals surface area contributed by atoms with Crippen LogP contribution < -0.4 is 4.90 Å². The van der Waals surface area contributed by atoms with Gasteiger partial charge in [0.25, 0.3) is 0 Å². The number of nitrogens with zero attached hydrogens (tertiary/aromatic N) is 3. The number of sulfonamides is 1. The largest absolute Gasteiger partial charge is 0.345 e. The summed E-state index contributed by atoms with van der Waals surface area (Å²) >= 11 is 1.61. The Bertz CT molecular complexity index is 978. The molecule has 1 fully saturated rings. The summed E-state index contributed by atoms with van der Waals surface area (Å²) in [6.45, 7) is 1.84. The van der Waals surface area contributed by atoms with Gasteiger partial charge in [0.05, 0.1) is 15.1 Å². The van der Waals surface area contributed by atoms with Gasteiger partial charge in [-0.25, -0.2) is 17.8 Å². The lowest BCUT2D eigenvalue weighted by molar-refractivity contribution is 0.384. The SMILES string of the molecule is O=S(=O)(c1cccc(F)c1)N1CCN(c2nc3ccccc3s2)CC1. The number of hydrogen-bond acceptors (Lipinski definition) is 5. The second-order valence-corrected chi connectivity index (χ2v) is 8.76. The standard InChI is InChI=1S/C17H16FN3O2S2/c18-13-4-3-5-14(12-13)25(22,23)21-10-8-20(9-11-21)17-19-15-6-1-2-7-16(15)24-17/h1-7,12H,8-11H2. The minimum atomic E-state index is -3.67. The molecule has 2 heterocycles. The number of hydrogen-bond donors (Lipinski definition) is 0. The van der Waals surface area contributed by atoms with E-state index in [4.69, 9.17) is 0 Å². The molecule has 0 radical (unpaired) electrons. The van der Waals surface area contributed by atoms with Gasteiger partial charge in [-0.1, -0.05) is 29.5 Å². The van der Waals surface area contributed by atoms with Gasteiger partial charge in [-0.3, -0.25) is 0 Å². The first-order valence-electron chi connectivity index (χ1n) is 7.90. The van der Waals surface area contributed by atoms with Gasteiger partial charge in [-0.15, -0.1) is 0 Å². The van der Waals surface area contributed by atoms with Gasteiger partial charge in [0, 0.05) is 26.2 Å². The molecule has 1 aliphatic heterocycles. The lowest BCUT2D eigenvalue weighted by atomic mass is 10.3. The number of halogens is 1. The van der Waals surface area contributed by atoms with Gasteiger partial charge in [-0.05, 0) is 30.3 Å². The smallest absolute Gasteiger partial charge is 0.243 e. The molecular formula is C17H16FN3O2S2. The number of rotatable bonds is 3. The summed E-state index contributed by atoms with van der Waals surface area (Å²) in [5.74, 6) is -0.547. The highest BCUT2D eigenvalue weighted by molar-refractivity contribution is 7.89. The molecular weight excluding hydrogens is 361 g/mol. The molecule has 0 aliphatic carbocycles. The highest BCUT2D eigenvalue weighted by Gasteiger charge is 2.29. The summed E-state index contributed by atoms with van der Waals surface area (Å²) < 4.78 is 41.2. The van der Waals surface area contributed by atoms with Crippen LogP contribution in [0.2, 0.25) is 0 Å². The van der Waals surface area contributed by atoms with Crippen LogP contribution in [0.25, 0.3) is 10.2 Å². The van der Waals surface area contributed by atoms with Crippen molar-refractivity contribution in [1.82, 2.24) is 9.29 Å². The maximum absolute atomic E-state index is 13.4. The number of anilines is 1. The number of piperazine rings is 1. The molecule has 0 atom stereocenters. The van der Waals surface area contributed by atoms with Crippen molar-refractivity contribution in [2.24, 2.45) is 0 Å². The number of para-hydroxylation sites is 1. The molecule has 0 amide bonds. The van der Waals surface area contributed by atoms with Crippen molar-refractivity contribution < 1.29 is 12.8 Å². The van der Waals surface area contributed by atoms with Crippen LogP contribution in [0.5, 0.6) is 0 Å². The first-order valence-corrected chi connectivity index (χ1v) is 10.2. The second kappa shape index (κ2) is 6.36. The molecule has 5 nitrogen and oxygen atoms in total. The zero-order valence-electron chi connectivity index (χ0n) is 13.3. The predicted molar refractivity (Wildman–Crippen MR) is 97.0 cm³/mol. The van der Waals surface area contributed by atoms with E-state index >= 15 is 0 Å². The Hall–Kier alpha value is -2.03. The van der Waals surface area contributed by atoms with Gasteiger partial charge in [0.15, 0.2) is 5.13 Å². The number of aromatic nitrogens is 1. The summed E-state index contributed by atoms with van der Waals surface area (Å²) in [6, 6.07) is 13.1. The van der Waals surface area contributed by atoms with Crippen molar-refractivity contribution >= 4 is 36.7 Å². The Morgan fingerprint density at radius 2 is 1.76 bits per heavy atom. The number of benzene rings is 2. The van der Waals surface area contributed by atoms with Gasteiger partial charge >= 0.3 is 0 Å². The van der Waals surface area contributed by atoms with Crippen molar-refractivity contribution in [2.45, 2.75) is 4.90 Å². The Balaban J connectivity index is 1.51. The Labute approximate surface area is 149 Å². The van der Waals surface area contributed by atoms with E-state index in [1.807, 2.05) is 24.3 Å². The second-order valence-electron chi connectivity index (χ2n) is 5.81. The number of fused-ring (bicyclic) bond motifs is 1. The molecule has 130 valence electrons. The van der Waals surface area contributed by atoms with E-state index in [0.717, 1.165) is 21.4 Å². The fourth-order valence-corrected chi connectivity index (χ4v) is 5.36. The third kappa shape index (κ3) is 3.12. The van der Waals surface area contributed by atoms with Crippen LogP contribution in [-0.4, -0.2) is 43.9 Å². The molecule has 1 aromatic heterocycles. The zero-order chi connectivity index (χ0) is 17.4. The molecule has 3 aromatic rings. The fraction of sp³-hybridized carbons (Fsp3) is 0.235. The van der Waals surface area contributed by atoms with E-state index < -0.39 is 15.8 Å². The quantitative estimate of drug-likeness (QED) is 0.704. The van der Waals surface area contributed by atoms with Gasteiger partial charge < -0.3 is 4.90 Å². The van der Waals surface area contributed by atoms with Crippen LogP contribution >= 0.6 is 11.3 Å². The maximum Gasteiger partial charge on any atom is 0.243 e. The third-order valence-corrected chi connectivity index (χ3v) is 7.22. The first kappa shape index (κ1) is 16.4. The Kier molecular flexibility index (Phi) is 4.18. The predicted octanol–water partition coefficient (Wildman–Crippen LogP) is 2.95. The van der Waals surface area contributed by atoms with Crippen LogP contribution in [0.3, 0.4) is 0 Å². The maximum atomic E-state index is 13.4. The van der Waals surface area contributed by atoms with Crippen LogP contribution in [0.1, 0.15) is 0 Å².